The minimum Gasteiger partial charge on any atom is -0.489 e. The molecule has 0 saturated carbocycles. The van der Waals surface area contributed by atoms with Crippen molar-refractivity contribution < 1.29 is 9.53 Å². The summed E-state index contributed by atoms with van der Waals surface area (Å²) in [5, 5.41) is 6.06. The van der Waals surface area contributed by atoms with Crippen molar-refractivity contribution in [3.05, 3.63) is 60.2 Å². The Labute approximate surface area is 161 Å². The van der Waals surface area contributed by atoms with Crippen LogP contribution in [0.25, 0.3) is 0 Å². The molecule has 138 valence electrons. The number of amides is 1. The number of anilines is 1. The van der Waals surface area contributed by atoms with Crippen molar-refractivity contribution in [1.82, 2.24) is 5.32 Å². The Morgan fingerprint density at radius 1 is 1.00 bits per heavy atom. The third-order valence-corrected chi connectivity index (χ3v) is 4.07. The van der Waals surface area contributed by atoms with E-state index < -0.39 is 0 Å². The summed E-state index contributed by atoms with van der Waals surface area (Å²) in [6.07, 6.45) is 4.81. The third kappa shape index (κ3) is 7.66. The molecule has 0 aliphatic rings. The Bertz CT molecular complexity index is 687. The summed E-state index contributed by atoms with van der Waals surface area (Å²) in [4.78, 5) is 11.8. The van der Waals surface area contributed by atoms with E-state index in [4.69, 9.17) is 17.0 Å². The molecule has 0 spiro atoms. The van der Waals surface area contributed by atoms with E-state index in [1.165, 1.54) is 0 Å². The molecule has 0 aliphatic carbocycles. The molecule has 4 nitrogen and oxygen atoms in total. The third-order valence-electron chi connectivity index (χ3n) is 3.87. The molecule has 2 rings (SSSR count). The Hall–Kier alpha value is -2.40. The number of hydrogen-bond donors (Lipinski definition) is 2. The first-order chi connectivity index (χ1) is 12.7. The maximum atomic E-state index is 11.8. The number of hydrogen-bond acceptors (Lipinski definition) is 3. The fraction of sp³-hybridized carbons (Fsp3) is 0.333. The molecule has 0 unspecified atom stereocenters. The predicted octanol–water partition coefficient (Wildman–Crippen LogP) is 5.05. The van der Waals surface area contributed by atoms with E-state index in [1.54, 1.807) is 0 Å². The van der Waals surface area contributed by atoms with Crippen LogP contribution >= 0.6 is 12.2 Å². The lowest BCUT2D eigenvalue weighted by Gasteiger charge is -2.11. The van der Waals surface area contributed by atoms with Gasteiger partial charge in [-0.05, 0) is 48.5 Å². The van der Waals surface area contributed by atoms with Gasteiger partial charge in [0, 0.05) is 12.1 Å². The zero-order valence-corrected chi connectivity index (χ0v) is 16.0. The normalized spacial score (nSPS) is 10.2. The van der Waals surface area contributed by atoms with E-state index in [1.807, 2.05) is 54.6 Å². The number of rotatable bonds is 9. The number of unbranched alkanes of at least 4 members (excludes halogenated alkanes) is 3. The van der Waals surface area contributed by atoms with Crippen LogP contribution in [0.4, 0.5) is 5.69 Å². The zero-order valence-electron chi connectivity index (χ0n) is 15.2. The quantitative estimate of drug-likeness (QED) is 0.479. The van der Waals surface area contributed by atoms with Crippen molar-refractivity contribution in [3.8, 4) is 5.75 Å². The molecular formula is C21H26N2O2S. The molecule has 0 fully saturated rings. The van der Waals surface area contributed by atoms with Crippen LogP contribution in [0.3, 0.4) is 0 Å². The Morgan fingerprint density at radius 3 is 2.42 bits per heavy atom. The molecule has 0 bridgehead atoms. The second-order valence-corrected chi connectivity index (χ2v) is 6.52. The first-order valence-corrected chi connectivity index (χ1v) is 9.46. The minimum absolute atomic E-state index is 0.0404. The van der Waals surface area contributed by atoms with Gasteiger partial charge in [-0.25, -0.2) is 0 Å². The van der Waals surface area contributed by atoms with Gasteiger partial charge in [0.1, 0.15) is 12.4 Å². The highest BCUT2D eigenvalue weighted by molar-refractivity contribution is 7.80. The Balaban J connectivity index is 1.72. The van der Waals surface area contributed by atoms with Gasteiger partial charge in [-0.15, -0.1) is 0 Å². The van der Waals surface area contributed by atoms with Gasteiger partial charge in [-0.1, -0.05) is 56.5 Å². The minimum atomic E-state index is -0.0404. The molecule has 0 saturated heterocycles. The maximum Gasteiger partial charge on any atom is 0.226 e. The first kappa shape index (κ1) is 19.9. The number of nitrogens with one attached hydrogen (secondary N) is 2. The van der Waals surface area contributed by atoms with Crippen LogP contribution in [-0.4, -0.2) is 11.0 Å². The molecule has 0 aliphatic heterocycles. The van der Waals surface area contributed by atoms with Crippen molar-refractivity contribution >= 4 is 28.9 Å². The lowest BCUT2D eigenvalue weighted by atomic mass is 10.1. The first-order valence-electron chi connectivity index (χ1n) is 9.05. The largest absolute Gasteiger partial charge is 0.489 e. The van der Waals surface area contributed by atoms with E-state index in [2.05, 4.69) is 17.6 Å². The standard InChI is InChI=1S/C21H26N2O2S/c1-2-3-4-8-11-20(24)23-21(26)22-18-12-14-19(15-13-18)25-16-17-9-6-5-7-10-17/h5-7,9-10,12-15H,2-4,8,11,16H2,1H3,(H2,22,23,24,26). The molecular weight excluding hydrogens is 344 g/mol. The molecule has 2 aromatic carbocycles. The highest BCUT2D eigenvalue weighted by Gasteiger charge is 2.05. The highest BCUT2D eigenvalue weighted by Crippen LogP contribution is 2.17. The van der Waals surface area contributed by atoms with Crippen molar-refractivity contribution in [2.75, 3.05) is 5.32 Å². The summed E-state index contributed by atoms with van der Waals surface area (Å²) in [5.74, 6) is 0.742. The van der Waals surface area contributed by atoms with Crippen LogP contribution in [0.2, 0.25) is 0 Å². The van der Waals surface area contributed by atoms with Crippen LogP contribution in [0.5, 0.6) is 5.75 Å². The molecule has 2 aromatic rings. The molecule has 2 N–H and O–H groups in total. The number of benzene rings is 2. The average Bonchev–Trinajstić information content (AvgIpc) is 2.65. The van der Waals surface area contributed by atoms with E-state index in [-0.39, 0.29) is 5.91 Å². The van der Waals surface area contributed by atoms with Crippen LogP contribution in [0.15, 0.2) is 54.6 Å². The second-order valence-electron chi connectivity index (χ2n) is 6.11. The van der Waals surface area contributed by atoms with E-state index >= 15 is 0 Å². The molecule has 0 heterocycles. The van der Waals surface area contributed by atoms with Crippen LogP contribution in [0, 0.1) is 0 Å². The van der Waals surface area contributed by atoms with Gasteiger partial charge in [-0.2, -0.15) is 0 Å². The molecule has 0 atom stereocenters. The van der Waals surface area contributed by atoms with Gasteiger partial charge < -0.3 is 15.4 Å². The second kappa shape index (κ2) is 11.3. The lowest BCUT2D eigenvalue weighted by Crippen LogP contribution is -2.33. The van der Waals surface area contributed by atoms with Gasteiger partial charge in [0.15, 0.2) is 5.11 Å². The van der Waals surface area contributed by atoms with Crippen molar-refractivity contribution in [2.24, 2.45) is 0 Å². The van der Waals surface area contributed by atoms with Gasteiger partial charge in [0.2, 0.25) is 5.91 Å². The molecule has 1 amide bonds. The summed E-state index contributed by atoms with van der Waals surface area (Å²) in [6, 6.07) is 17.5. The zero-order chi connectivity index (χ0) is 18.6. The summed E-state index contributed by atoms with van der Waals surface area (Å²) < 4.78 is 5.75. The van der Waals surface area contributed by atoms with E-state index in [9.17, 15) is 4.79 Å². The fourth-order valence-electron chi connectivity index (χ4n) is 2.44. The lowest BCUT2D eigenvalue weighted by molar-refractivity contribution is -0.119. The number of ether oxygens (including phenoxy) is 1. The van der Waals surface area contributed by atoms with Gasteiger partial charge in [-0.3, -0.25) is 4.79 Å². The Kier molecular flexibility index (Phi) is 8.63. The predicted molar refractivity (Wildman–Crippen MR) is 110 cm³/mol. The van der Waals surface area contributed by atoms with Gasteiger partial charge in [0.05, 0.1) is 0 Å². The number of carbonyl (C=O) groups excluding carboxylic acids is 1. The van der Waals surface area contributed by atoms with Crippen LogP contribution in [-0.2, 0) is 11.4 Å². The highest BCUT2D eigenvalue weighted by atomic mass is 32.1. The SMILES string of the molecule is CCCCCCC(=O)NC(=S)Nc1ccc(OCc2ccccc2)cc1. The van der Waals surface area contributed by atoms with E-state index in [0.29, 0.717) is 18.1 Å². The van der Waals surface area contributed by atoms with Crippen LogP contribution < -0.4 is 15.4 Å². The summed E-state index contributed by atoms with van der Waals surface area (Å²) in [7, 11) is 0. The smallest absolute Gasteiger partial charge is 0.226 e. The van der Waals surface area contributed by atoms with Gasteiger partial charge in [0.25, 0.3) is 0 Å². The summed E-state index contributed by atoms with van der Waals surface area (Å²) >= 11 is 5.19. The van der Waals surface area contributed by atoms with Crippen molar-refractivity contribution in [3.63, 3.8) is 0 Å². The topological polar surface area (TPSA) is 50.4 Å². The summed E-state index contributed by atoms with van der Waals surface area (Å²) in [5.41, 5.74) is 1.94. The molecule has 26 heavy (non-hydrogen) atoms. The van der Waals surface area contributed by atoms with Crippen molar-refractivity contribution in [1.29, 1.82) is 0 Å². The fourth-order valence-corrected chi connectivity index (χ4v) is 2.67. The maximum absolute atomic E-state index is 11.8. The van der Waals surface area contributed by atoms with E-state index in [0.717, 1.165) is 42.7 Å². The molecule has 0 radical (unpaired) electrons. The number of carbonyl (C=O) groups is 1. The monoisotopic (exact) mass is 370 g/mol. The van der Waals surface area contributed by atoms with Crippen LogP contribution in [0.1, 0.15) is 44.6 Å². The van der Waals surface area contributed by atoms with Gasteiger partial charge >= 0.3 is 0 Å². The van der Waals surface area contributed by atoms with Crippen molar-refractivity contribution in [2.45, 2.75) is 45.6 Å². The number of thiocarbonyl (C=S) groups is 1. The molecule has 0 aromatic heterocycles. The summed E-state index contributed by atoms with van der Waals surface area (Å²) in [6.45, 7) is 2.68. The molecule has 5 heteroatoms. The Morgan fingerprint density at radius 2 is 1.73 bits per heavy atom. The average molecular weight is 371 g/mol.